The molecule has 1 unspecified atom stereocenters. The summed E-state index contributed by atoms with van der Waals surface area (Å²) in [6.45, 7) is 6.08. The molecular formula is C32H30F4N6O2S. The number of nitrogens with one attached hydrogen (secondary N) is 1. The molecule has 2 amide bonds. The van der Waals surface area contributed by atoms with Crippen molar-refractivity contribution < 1.29 is 27.1 Å². The van der Waals surface area contributed by atoms with Crippen molar-refractivity contribution in [2.24, 2.45) is 4.99 Å². The first-order valence-corrected chi connectivity index (χ1v) is 15.1. The molecule has 1 aromatic heterocycles. The zero-order valence-electron chi connectivity index (χ0n) is 24.6. The second-order valence-electron chi connectivity index (χ2n) is 10.6. The number of ether oxygens (including phenoxy) is 1. The van der Waals surface area contributed by atoms with Crippen LogP contribution in [0.4, 0.5) is 28.0 Å². The van der Waals surface area contributed by atoms with E-state index < -0.39 is 12.4 Å². The second-order valence-corrected chi connectivity index (χ2v) is 11.6. The summed E-state index contributed by atoms with van der Waals surface area (Å²) in [4.78, 5) is 23.4. The third-order valence-electron chi connectivity index (χ3n) is 6.96. The van der Waals surface area contributed by atoms with Crippen LogP contribution in [0.15, 0.2) is 84.2 Å². The van der Waals surface area contributed by atoms with Crippen LogP contribution in [0, 0.1) is 5.82 Å². The van der Waals surface area contributed by atoms with Crippen LogP contribution in [0.5, 0.6) is 5.75 Å². The first kappa shape index (κ1) is 31.8. The van der Waals surface area contributed by atoms with E-state index >= 15 is 0 Å². The molecule has 0 radical (unpaired) electrons. The topological polar surface area (TPSA) is 84.6 Å². The predicted molar refractivity (Wildman–Crippen MR) is 168 cm³/mol. The van der Waals surface area contributed by atoms with Gasteiger partial charge in [-0.25, -0.2) is 18.9 Å². The smallest absolute Gasteiger partial charge is 0.406 e. The van der Waals surface area contributed by atoms with Crippen LogP contribution in [0.3, 0.4) is 0 Å². The van der Waals surface area contributed by atoms with Crippen molar-refractivity contribution in [3.63, 3.8) is 0 Å². The number of hydrogen-bond donors (Lipinski definition) is 1. The van der Waals surface area contributed by atoms with Gasteiger partial charge in [0.2, 0.25) is 0 Å². The summed E-state index contributed by atoms with van der Waals surface area (Å²) >= 11 is 1.49. The molecule has 8 nitrogen and oxygen atoms in total. The minimum atomic E-state index is -4.76. The monoisotopic (exact) mass is 638 g/mol. The molecule has 4 aromatic rings. The summed E-state index contributed by atoms with van der Waals surface area (Å²) in [6, 6.07) is 16.9. The summed E-state index contributed by atoms with van der Waals surface area (Å²) < 4.78 is 56.6. The Morgan fingerprint density at radius 2 is 1.84 bits per heavy atom. The zero-order valence-corrected chi connectivity index (χ0v) is 25.4. The van der Waals surface area contributed by atoms with Crippen LogP contribution < -0.4 is 15.0 Å². The third-order valence-corrected chi connectivity index (χ3v) is 7.95. The fraction of sp³-hybridized carbons (Fsp3) is 0.250. The molecule has 0 aliphatic carbocycles. The normalized spacial score (nSPS) is 16.5. The highest BCUT2D eigenvalue weighted by Crippen LogP contribution is 2.35. The highest BCUT2D eigenvalue weighted by Gasteiger charge is 2.31. The van der Waals surface area contributed by atoms with Gasteiger partial charge in [0.1, 0.15) is 17.9 Å². The maximum atomic E-state index is 14.0. The van der Waals surface area contributed by atoms with Gasteiger partial charge < -0.3 is 15.0 Å². The van der Waals surface area contributed by atoms with Crippen molar-refractivity contribution in [3.8, 4) is 22.8 Å². The van der Waals surface area contributed by atoms with E-state index in [0.29, 0.717) is 16.7 Å². The average Bonchev–Trinajstić information content (AvgIpc) is 3.48. The molecule has 1 aliphatic rings. The van der Waals surface area contributed by atoms with Gasteiger partial charge in [0.05, 0.1) is 5.69 Å². The van der Waals surface area contributed by atoms with Gasteiger partial charge >= 0.3 is 12.4 Å². The highest BCUT2D eigenvalue weighted by molar-refractivity contribution is 8.14. The van der Waals surface area contributed by atoms with Crippen molar-refractivity contribution in [1.29, 1.82) is 0 Å². The van der Waals surface area contributed by atoms with Crippen molar-refractivity contribution in [3.05, 3.63) is 96.2 Å². The number of anilines is 1. The third kappa shape index (κ3) is 8.09. The Bertz CT molecular complexity index is 1700. The van der Waals surface area contributed by atoms with E-state index in [1.807, 2.05) is 43.0 Å². The lowest BCUT2D eigenvalue weighted by molar-refractivity contribution is -0.274. The van der Waals surface area contributed by atoms with E-state index in [9.17, 15) is 22.4 Å². The molecule has 234 valence electrons. The molecule has 3 aromatic carbocycles. The quantitative estimate of drug-likeness (QED) is 0.206. The van der Waals surface area contributed by atoms with E-state index in [0.717, 1.165) is 34.6 Å². The lowest BCUT2D eigenvalue weighted by atomic mass is 9.99. The van der Waals surface area contributed by atoms with Gasteiger partial charge in [0.15, 0.2) is 11.0 Å². The number of amidine groups is 1. The number of carbonyl (C=O) groups excluding carboxylic acids is 1. The van der Waals surface area contributed by atoms with Gasteiger partial charge in [-0.1, -0.05) is 49.9 Å². The Balaban J connectivity index is 1.22. The molecule has 1 aliphatic heterocycles. The number of benzene rings is 3. The fourth-order valence-electron chi connectivity index (χ4n) is 4.73. The van der Waals surface area contributed by atoms with Crippen LogP contribution in [0.1, 0.15) is 44.2 Å². The summed E-state index contributed by atoms with van der Waals surface area (Å²) in [7, 11) is 0. The molecule has 5 rings (SSSR count). The number of thioether (sulfide) groups is 1. The summed E-state index contributed by atoms with van der Waals surface area (Å²) in [5, 5.41) is 7.66. The minimum absolute atomic E-state index is 0.0909. The van der Waals surface area contributed by atoms with Gasteiger partial charge in [0, 0.05) is 29.2 Å². The Morgan fingerprint density at radius 3 is 2.53 bits per heavy atom. The number of hydrogen-bond acceptors (Lipinski definition) is 5. The number of alkyl halides is 3. The van der Waals surface area contributed by atoms with Crippen LogP contribution in [-0.2, 0) is 0 Å². The Kier molecular flexibility index (Phi) is 9.57. The first-order chi connectivity index (χ1) is 21.5. The van der Waals surface area contributed by atoms with Crippen LogP contribution in [0.25, 0.3) is 23.2 Å². The molecule has 1 fully saturated rings. The van der Waals surface area contributed by atoms with Gasteiger partial charge in [-0.2, -0.15) is 4.99 Å². The molecule has 1 atom stereocenters. The predicted octanol–water partition coefficient (Wildman–Crippen LogP) is 8.16. The van der Waals surface area contributed by atoms with Crippen molar-refractivity contribution in [1.82, 2.24) is 20.1 Å². The van der Waals surface area contributed by atoms with E-state index in [-0.39, 0.29) is 23.5 Å². The van der Waals surface area contributed by atoms with Gasteiger partial charge in [-0.3, -0.25) is 0 Å². The van der Waals surface area contributed by atoms with E-state index in [2.05, 4.69) is 32.1 Å². The lowest BCUT2D eigenvalue weighted by Crippen LogP contribution is -2.42. The van der Waals surface area contributed by atoms with Crippen molar-refractivity contribution in [2.45, 2.75) is 45.5 Å². The number of urea groups is 1. The molecule has 1 N–H and O–H groups in total. The van der Waals surface area contributed by atoms with E-state index in [1.54, 1.807) is 12.1 Å². The maximum absolute atomic E-state index is 14.0. The molecule has 0 saturated carbocycles. The Morgan fingerprint density at radius 1 is 1.11 bits per heavy atom. The minimum Gasteiger partial charge on any atom is -0.406 e. The molecular weight excluding hydrogens is 608 g/mol. The SMILES string of the molecule is CC(C)c1cc(F)ccc1N1/C(=N/C(=O)N/C=C/c2ccc(-c3ncn(-c4ccc(OC(F)(F)F)cc4)n3)cc2)SCCC1C. The summed E-state index contributed by atoms with van der Waals surface area (Å²) in [6.07, 6.45) is 0.844. The van der Waals surface area contributed by atoms with Crippen molar-refractivity contribution in [2.75, 3.05) is 10.7 Å². The van der Waals surface area contributed by atoms with Crippen LogP contribution in [-0.4, -0.2) is 44.1 Å². The standard InChI is InChI=1S/C32H30F4N6O2S/c1-20(2)27-18-24(33)8-13-28(27)42-21(3)15-17-45-31(42)39-30(43)37-16-14-22-4-6-23(7-5-22)29-38-19-41(40-29)25-9-11-26(12-10-25)44-32(34,35)36/h4-14,16,18-21H,15,17H2,1-3H3,(H,37,43)/b16-14+,39-31-. The molecule has 0 bridgehead atoms. The molecule has 45 heavy (non-hydrogen) atoms. The van der Waals surface area contributed by atoms with Gasteiger partial charge in [0.25, 0.3) is 0 Å². The molecule has 1 saturated heterocycles. The van der Waals surface area contributed by atoms with Gasteiger partial charge in [-0.05, 0) is 78.9 Å². The lowest BCUT2D eigenvalue weighted by Gasteiger charge is -2.37. The number of halogens is 4. The number of aliphatic imine (C=N–C) groups is 1. The first-order valence-electron chi connectivity index (χ1n) is 14.1. The molecule has 2 heterocycles. The summed E-state index contributed by atoms with van der Waals surface area (Å²) in [5.74, 6) is 0.713. The van der Waals surface area contributed by atoms with Gasteiger partial charge in [-0.15, -0.1) is 18.3 Å². The Hall–Kier alpha value is -4.65. The highest BCUT2D eigenvalue weighted by atomic mass is 32.2. The van der Waals surface area contributed by atoms with Crippen LogP contribution >= 0.6 is 11.8 Å². The maximum Gasteiger partial charge on any atom is 0.573 e. The fourth-order valence-corrected chi connectivity index (χ4v) is 5.94. The Labute approximate surface area is 261 Å². The zero-order chi connectivity index (χ0) is 32.1. The number of aromatic nitrogens is 3. The largest absolute Gasteiger partial charge is 0.573 e. The molecule has 13 heteroatoms. The number of nitrogens with zero attached hydrogens (tertiary/aromatic N) is 5. The summed E-state index contributed by atoms with van der Waals surface area (Å²) in [5.41, 5.74) is 3.76. The average molecular weight is 639 g/mol. The van der Waals surface area contributed by atoms with E-state index in [4.69, 9.17) is 0 Å². The molecule has 0 spiro atoms. The van der Waals surface area contributed by atoms with E-state index in [1.165, 1.54) is 65.4 Å². The second kappa shape index (κ2) is 13.6. The van der Waals surface area contributed by atoms with Crippen molar-refractivity contribution >= 4 is 34.7 Å². The number of carbonyl (C=O) groups is 1. The number of amides is 2. The number of rotatable bonds is 7. The van der Waals surface area contributed by atoms with Crippen LogP contribution in [0.2, 0.25) is 0 Å².